The minimum Gasteiger partial charge on any atom is -0.383 e. The lowest BCUT2D eigenvalue weighted by atomic mass is 9.84. The first-order chi connectivity index (χ1) is 9.62. The van der Waals surface area contributed by atoms with Crippen molar-refractivity contribution in [2.45, 2.75) is 70.9 Å². The van der Waals surface area contributed by atoms with Gasteiger partial charge in [-0.3, -0.25) is 4.79 Å². The highest BCUT2D eigenvalue weighted by molar-refractivity contribution is 5.76. The molecular weight excluding hydrogens is 252 g/mol. The quantitative estimate of drug-likeness (QED) is 0.745. The van der Waals surface area contributed by atoms with Gasteiger partial charge in [-0.05, 0) is 44.4 Å². The first-order valence-electron chi connectivity index (χ1n) is 8.16. The van der Waals surface area contributed by atoms with Crippen molar-refractivity contribution >= 4 is 5.91 Å². The molecule has 0 spiro atoms. The molecule has 1 aliphatic rings. The molecule has 1 rings (SSSR count). The van der Waals surface area contributed by atoms with Gasteiger partial charge in [0, 0.05) is 32.2 Å². The predicted octanol–water partition coefficient (Wildman–Crippen LogP) is 2.56. The van der Waals surface area contributed by atoms with Gasteiger partial charge in [-0.2, -0.15) is 0 Å². The maximum Gasteiger partial charge on any atom is 0.223 e. The minimum atomic E-state index is 0.302. The first-order valence-corrected chi connectivity index (χ1v) is 8.16. The highest BCUT2D eigenvalue weighted by Gasteiger charge is 2.26. The van der Waals surface area contributed by atoms with Gasteiger partial charge in [-0.25, -0.2) is 0 Å². The monoisotopic (exact) mass is 284 g/mol. The van der Waals surface area contributed by atoms with E-state index >= 15 is 0 Å². The normalized spacial score (nSPS) is 23.1. The van der Waals surface area contributed by atoms with E-state index in [0.29, 0.717) is 43.5 Å². The summed E-state index contributed by atoms with van der Waals surface area (Å²) in [5.74, 6) is 0.831. The molecule has 0 aromatic carbocycles. The Morgan fingerprint density at radius 3 is 2.35 bits per heavy atom. The van der Waals surface area contributed by atoms with Crippen molar-refractivity contribution in [1.82, 2.24) is 4.90 Å². The van der Waals surface area contributed by atoms with E-state index in [9.17, 15) is 4.79 Å². The SMILES string of the molecule is CCC(CC)N(CCOC)C(=O)CC1CCC(N)CC1. The molecule has 0 saturated heterocycles. The molecule has 1 aliphatic carbocycles. The van der Waals surface area contributed by atoms with Gasteiger partial charge in [0.15, 0.2) is 0 Å². The van der Waals surface area contributed by atoms with Crippen molar-refractivity contribution in [3.8, 4) is 0 Å². The van der Waals surface area contributed by atoms with Gasteiger partial charge in [-0.1, -0.05) is 13.8 Å². The molecule has 0 aliphatic heterocycles. The lowest BCUT2D eigenvalue weighted by Crippen LogP contribution is -2.43. The van der Waals surface area contributed by atoms with Crippen LogP contribution in [-0.2, 0) is 9.53 Å². The fourth-order valence-corrected chi connectivity index (χ4v) is 3.19. The summed E-state index contributed by atoms with van der Waals surface area (Å²) >= 11 is 0. The smallest absolute Gasteiger partial charge is 0.223 e. The van der Waals surface area contributed by atoms with E-state index < -0.39 is 0 Å². The molecule has 4 nitrogen and oxygen atoms in total. The predicted molar refractivity (Wildman–Crippen MR) is 82.5 cm³/mol. The molecule has 0 aromatic rings. The molecule has 0 atom stereocenters. The number of rotatable bonds is 8. The highest BCUT2D eigenvalue weighted by atomic mass is 16.5. The Morgan fingerprint density at radius 1 is 1.25 bits per heavy atom. The summed E-state index contributed by atoms with van der Waals surface area (Å²) in [6.07, 6.45) is 7.07. The summed E-state index contributed by atoms with van der Waals surface area (Å²) in [5, 5.41) is 0. The van der Waals surface area contributed by atoms with Crippen LogP contribution in [0.3, 0.4) is 0 Å². The summed E-state index contributed by atoms with van der Waals surface area (Å²) < 4.78 is 5.16. The van der Waals surface area contributed by atoms with Gasteiger partial charge in [0.1, 0.15) is 0 Å². The summed E-state index contributed by atoms with van der Waals surface area (Å²) in [7, 11) is 1.69. The molecule has 0 heterocycles. The van der Waals surface area contributed by atoms with Gasteiger partial charge < -0.3 is 15.4 Å². The van der Waals surface area contributed by atoms with E-state index in [1.807, 2.05) is 4.90 Å². The standard InChI is InChI=1S/C16H32N2O2/c1-4-15(5-2)18(10-11-20-3)16(19)12-13-6-8-14(17)9-7-13/h13-15H,4-12,17H2,1-3H3. The van der Waals surface area contributed by atoms with Gasteiger partial charge in [0.2, 0.25) is 5.91 Å². The van der Waals surface area contributed by atoms with Crippen molar-refractivity contribution in [3.05, 3.63) is 0 Å². The van der Waals surface area contributed by atoms with Crippen LogP contribution in [0.1, 0.15) is 58.8 Å². The van der Waals surface area contributed by atoms with Crippen molar-refractivity contribution < 1.29 is 9.53 Å². The third-order valence-electron chi connectivity index (χ3n) is 4.59. The van der Waals surface area contributed by atoms with Crippen LogP contribution in [0.2, 0.25) is 0 Å². The zero-order valence-electron chi connectivity index (χ0n) is 13.4. The van der Waals surface area contributed by atoms with Gasteiger partial charge in [0.25, 0.3) is 0 Å². The molecule has 4 heteroatoms. The second kappa shape index (κ2) is 9.35. The van der Waals surface area contributed by atoms with Crippen LogP contribution in [0.25, 0.3) is 0 Å². The van der Waals surface area contributed by atoms with E-state index in [4.69, 9.17) is 10.5 Å². The van der Waals surface area contributed by atoms with Crippen LogP contribution in [-0.4, -0.2) is 43.2 Å². The van der Waals surface area contributed by atoms with Crippen LogP contribution in [0, 0.1) is 5.92 Å². The number of hydrogen-bond acceptors (Lipinski definition) is 3. The van der Waals surface area contributed by atoms with Crippen LogP contribution in [0.15, 0.2) is 0 Å². The van der Waals surface area contributed by atoms with Gasteiger partial charge in [-0.15, -0.1) is 0 Å². The molecule has 1 fully saturated rings. The first kappa shape index (κ1) is 17.4. The zero-order valence-corrected chi connectivity index (χ0v) is 13.4. The molecule has 20 heavy (non-hydrogen) atoms. The van der Waals surface area contributed by atoms with Crippen molar-refractivity contribution in [1.29, 1.82) is 0 Å². The van der Waals surface area contributed by atoms with Gasteiger partial charge >= 0.3 is 0 Å². The summed E-state index contributed by atoms with van der Waals surface area (Å²) in [5.41, 5.74) is 5.93. The Morgan fingerprint density at radius 2 is 1.85 bits per heavy atom. The Hall–Kier alpha value is -0.610. The number of nitrogens with two attached hydrogens (primary N) is 1. The van der Waals surface area contributed by atoms with Crippen LogP contribution >= 0.6 is 0 Å². The third-order valence-corrected chi connectivity index (χ3v) is 4.59. The maximum absolute atomic E-state index is 12.6. The number of carbonyl (C=O) groups excluding carboxylic acids is 1. The van der Waals surface area contributed by atoms with Crippen molar-refractivity contribution in [2.24, 2.45) is 11.7 Å². The summed E-state index contributed by atoms with van der Waals surface area (Å²) in [6.45, 7) is 5.65. The maximum atomic E-state index is 12.6. The number of ether oxygens (including phenoxy) is 1. The average Bonchev–Trinajstić information content (AvgIpc) is 2.45. The Labute approximate surface area is 124 Å². The molecule has 0 radical (unpaired) electrons. The van der Waals surface area contributed by atoms with E-state index in [-0.39, 0.29) is 0 Å². The Bertz CT molecular complexity index is 272. The Kier molecular flexibility index (Phi) is 8.15. The summed E-state index contributed by atoms with van der Waals surface area (Å²) in [4.78, 5) is 14.6. The minimum absolute atomic E-state index is 0.302. The Balaban J connectivity index is 2.53. The third kappa shape index (κ3) is 5.41. The molecule has 118 valence electrons. The van der Waals surface area contributed by atoms with E-state index in [0.717, 1.165) is 38.5 Å². The molecule has 0 aromatic heterocycles. The van der Waals surface area contributed by atoms with Crippen molar-refractivity contribution in [2.75, 3.05) is 20.3 Å². The van der Waals surface area contributed by atoms with Crippen LogP contribution in [0.5, 0.6) is 0 Å². The molecule has 2 N–H and O–H groups in total. The van der Waals surface area contributed by atoms with E-state index in [2.05, 4.69) is 13.8 Å². The number of carbonyl (C=O) groups is 1. The fraction of sp³-hybridized carbons (Fsp3) is 0.938. The topological polar surface area (TPSA) is 55.6 Å². The molecular formula is C16H32N2O2. The van der Waals surface area contributed by atoms with Gasteiger partial charge in [0.05, 0.1) is 6.61 Å². The number of methoxy groups -OCH3 is 1. The number of nitrogens with zero attached hydrogens (tertiary/aromatic N) is 1. The highest BCUT2D eigenvalue weighted by Crippen LogP contribution is 2.27. The molecule has 1 saturated carbocycles. The van der Waals surface area contributed by atoms with Crippen LogP contribution < -0.4 is 5.73 Å². The van der Waals surface area contributed by atoms with Crippen molar-refractivity contribution in [3.63, 3.8) is 0 Å². The lowest BCUT2D eigenvalue weighted by molar-refractivity contribution is -0.135. The molecule has 1 amide bonds. The number of amides is 1. The second-order valence-electron chi connectivity index (χ2n) is 6.04. The summed E-state index contributed by atoms with van der Waals surface area (Å²) in [6, 6.07) is 0.702. The second-order valence-corrected chi connectivity index (χ2v) is 6.04. The largest absolute Gasteiger partial charge is 0.383 e. The number of hydrogen-bond donors (Lipinski definition) is 1. The van der Waals surface area contributed by atoms with Crippen LogP contribution in [0.4, 0.5) is 0 Å². The average molecular weight is 284 g/mol. The lowest BCUT2D eigenvalue weighted by Gasteiger charge is -2.33. The van der Waals surface area contributed by atoms with E-state index in [1.165, 1.54) is 0 Å². The molecule has 0 bridgehead atoms. The zero-order chi connectivity index (χ0) is 15.0. The molecule has 0 unspecified atom stereocenters. The van der Waals surface area contributed by atoms with E-state index in [1.54, 1.807) is 7.11 Å². The fourth-order valence-electron chi connectivity index (χ4n) is 3.19.